The van der Waals surface area contributed by atoms with Crippen molar-refractivity contribution < 1.29 is 4.79 Å². The van der Waals surface area contributed by atoms with E-state index in [0.717, 1.165) is 17.6 Å². The molecule has 0 radical (unpaired) electrons. The molecule has 1 amide bonds. The Kier molecular flexibility index (Phi) is 6.84. The van der Waals surface area contributed by atoms with Gasteiger partial charge in [-0.3, -0.25) is 10.2 Å². The first-order valence-corrected chi connectivity index (χ1v) is 10.0. The van der Waals surface area contributed by atoms with E-state index in [2.05, 4.69) is 54.2 Å². The Bertz CT molecular complexity index is 774. The average Bonchev–Trinajstić information content (AvgIpc) is 3.06. The molecular formula is C23H30N2O. The van der Waals surface area contributed by atoms with Gasteiger partial charge < -0.3 is 0 Å². The predicted molar refractivity (Wildman–Crippen MR) is 110 cm³/mol. The molecule has 138 valence electrons. The molecule has 1 saturated heterocycles. The number of hydrogen-bond donors (Lipinski definition) is 2. The lowest BCUT2D eigenvalue weighted by molar-refractivity contribution is -0.116. The smallest absolute Gasteiger partial charge is 0.262 e. The first-order valence-electron chi connectivity index (χ1n) is 10.0. The summed E-state index contributed by atoms with van der Waals surface area (Å²) >= 11 is 0. The van der Waals surface area contributed by atoms with E-state index in [1.54, 1.807) is 0 Å². The van der Waals surface area contributed by atoms with Crippen molar-refractivity contribution in [3.05, 3.63) is 53.1 Å². The third-order valence-corrected chi connectivity index (χ3v) is 5.18. The lowest BCUT2D eigenvalue weighted by Gasteiger charge is -2.10. The lowest BCUT2D eigenvalue weighted by atomic mass is 9.94. The summed E-state index contributed by atoms with van der Waals surface area (Å²) in [5, 5.41) is 2.55. The molecule has 0 bridgehead atoms. The molecular weight excluding hydrogens is 320 g/mol. The fourth-order valence-corrected chi connectivity index (χ4v) is 3.74. The third kappa shape index (κ3) is 4.73. The minimum Gasteiger partial charge on any atom is -0.287 e. The second-order valence-electron chi connectivity index (χ2n) is 7.21. The Balaban J connectivity index is 1.73. The maximum Gasteiger partial charge on any atom is 0.262 e. The highest BCUT2D eigenvalue weighted by atomic mass is 16.2. The number of fused-ring (bicyclic) bond motifs is 1. The van der Waals surface area contributed by atoms with Gasteiger partial charge in [0.05, 0.1) is 0 Å². The van der Waals surface area contributed by atoms with Crippen LogP contribution < -0.4 is 10.9 Å². The number of aryl methyl sites for hydroxylation is 1. The fraction of sp³-hybridized carbons (Fsp3) is 0.435. The van der Waals surface area contributed by atoms with E-state index in [1.165, 1.54) is 61.3 Å². The van der Waals surface area contributed by atoms with Crippen LogP contribution in [0.3, 0.4) is 0 Å². The monoisotopic (exact) mass is 350 g/mol. The van der Waals surface area contributed by atoms with Crippen molar-refractivity contribution in [2.24, 2.45) is 0 Å². The molecule has 2 aromatic rings. The van der Waals surface area contributed by atoms with Crippen LogP contribution in [0.5, 0.6) is 0 Å². The fourth-order valence-electron chi connectivity index (χ4n) is 3.74. The molecule has 1 heterocycles. The van der Waals surface area contributed by atoms with Crippen LogP contribution in [0.25, 0.3) is 16.8 Å². The Morgan fingerprint density at radius 1 is 0.962 bits per heavy atom. The van der Waals surface area contributed by atoms with Crippen LogP contribution in [-0.4, -0.2) is 12.5 Å². The number of rotatable bonds is 9. The van der Waals surface area contributed by atoms with E-state index in [4.69, 9.17) is 0 Å². The highest BCUT2D eigenvalue weighted by Gasteiger charge is 2.16. The second-order valence-corrected chi connectivity index (χ2v) is 7.21. The van der Waals surface area contributed by atoms with E-state index in [9.17, 15) is 4.79 Å². The summed E-state index contributed by atoms with van der Waals surface area (Å²) in [6.45, 7) is 2.84. The largest absolute Gasteiger partial charge is 0.287 e. The Hall–Kier alpha value is -2.13. The molecule has 0 atom stereocenters. The van der Waals surface area contributed by atoms with Crippen molar-refractivity contribution in [1.29, 1.82) is 0 Å². The third-order valence-electron chi connectivity index (χ3n) is 5.18. The van der Waals surface area contributed by atoms with Crippen molar-refractivity contribution in [3.63, 3.8) is 0 Å². The zero-order chi connectivity index (χ0) is 18.2. The molecule has 26 heavy (non-hydrogen) atoms. The van der Waals surface area contributed by atoms with Gasteiger partial charge in [0.1, 0.15) is 0 Å². The van der Waals surface area contributed by atoms with E-state index in [-0.39, 0.29) is 5.91 Å². The van der Waals surface area contributed by atoms with E-state index in [1.807, 2.05) is 6.08 Å². The maximum absolute atomic E-state index is 11.9. The van der Waals surface area contributed by atoms with Crippen LogP contribution in [0.4, 0.5) is 0 Å². The normalized spacial score (nSPS) is 15.7. The number of amides is 1. The Morgan fingerprint density at radius 2 is 1.69 bits per heavy atom. The van der Waals surface area contributed by atoms with Gasteiger partial charge in [0.2, 0.25) is 0 Å². The molecule has 2 N–H and O–H groups in total. The molecule has 0 saturated carbocycles. The van der Waals surface area contributed by atoms with Gasteiger partial charge in [-0.2, -0.15) is 0 Å². The van der Waals surface area contributed by atoms with Gasteiger partial charge in [0.25, 0.3) is 5.91 Å². The van der Waals surface area contributed by atoms with Crippen LogP contribution in [0.2, 0.25) is 0 Å². The van der Waals surface area contributed by atoms with Crippen LogP contribution in [-0.2, 0) is 11.2 Å². The zero-order valence-corrected chi connectivity index (χ0v) is 15.8. The van der Waals surface area contributed by atoms with Crippen molar-refractivity contribution in [2.75, 3.05) is 6.54 Å². The minimum absolute atomic E-state index is 0.0217. The second kappa shape index (κ2) is 9.54. The molecule has 0 aromatic heterocycles. The quantitative estimate of drug-likeness (QED) is 0.485. The molecule has 3 rings (SSSR count). The summed E-state index contributed by atoms with van der Waals surface area (Å²) < 4.78 is 0. The maximum atomic E-state index is 11.9. The van der Waals surface area contributed by atoms with Crippen molar-refractivity contribution in [2.45, 2.75) is 58.3 Å². The number of hydrogen-bond acceptors (Lipinski definition) is 2. The predicted octanol–water partition coefficient (Wildman–Crippen LogP) is 5.15. The molecule has 0 spiro atoms. The minimum atomic E-state index is -0.0217. The Morgan fingerprint density at radius 3 is 2.42 bits per heavy atom. The molecule has 1 aliphatic heterocycles. The molecule has 1 fully saturated rings. The van der Waals surface area contributed by atoms with Gasteiger partial charge in [0, 0.05) is 12.1 Å². The van der Waals surface area contributed by atoms with Gasteiger partial charge in [-0.05, 0) is 40.8 Å². The SMILES string of the molecule is CCCCCCCCCc1cccc2cccc(/C=C3\CNNC3=O)c12. The topological polar surface area (TPSA) is 41.1 Å². The van der Waals surface area contributed by atoms with Gasteiger partial charge in [0.15, 0.2) is 0 Å². The molecule has 1 aliphatic rings. The van der Waals surface area contributed by atoms with Gasteiger partial charge in [-0.15, -0.1) is 0 Å². The van der Waals surface area contributed by atoms with Gasteiger partial charge >= 0.3 is 0 Å². The first kappa shape index (κ1) is 18.7. The van der Waals surface area contributed by atoms with Gasteiger partial charge in [-0.25, -0.2) is 5.43 Å². The summed E-state index contributed by atoms with van der Waals surface area (Å²) in [5.74, 6) is -0.0217. The summed E-state index contributed by atoms with van der Waals surface area (Å²) in [6.07, 6.45) is 12.4. The standard InChI is InChI=1S/C23H30N2O/c1-2-3-4-5-6-7-8-11-18-12-9-13-19-14-10-15-20(22(18)19)16-21-17-24-25-23(21)26/h9-10,12-16,24H,2-8,11,17H2,1H3,(H,25,26)/b21-16+. The lowest BCUT2D eigenvalue weighted by Crippen LogP contribution is -2.25. The van der Waals surface area contributed by atoms with Crippen molar-refractivity contribution >= 4 is 22.8 Å². The van der Waals surface area contributed by atoms with Crippen molar-refractivity contribution in [3.8, 4) is 0 Å². The summed E-state index contributed by atoms with van der Waals surface area (Å²) in [6, 6.07) is 12.9. The zero-order valence-electron chi connectivity index (χ0n) is 15.8. The van der Waals surface area contributed by atoms with Crippen LogP contribution in [0.1, 0.15) is 63.0 Å². The average molecular weight is 351 g/mol. The number of unbranched alkanes of at least 4 members (excludes halogenated alkanes) is 6. The molecule has 3 heteroatoms. The number of carbonyl (C=O) groups excluding carboxylic acids is 1. The van der Waals surface area contributed by atoms with E-state index < -0.39 is 0 Å². The van der Waals surface area contributed by atoms with Crippen LogP contribution >= 0.6 is 0 Å². The van der Waals surface area contributed by atoms with Crippen molar-refractivity contribution in [1.82, 2.24) is 10.9 Å². The van der Waals surface area contributed by atoms with Crippen LogP contribution in [0, 0.1) is 0 Å². The summed E-state index contributed by atoms with van der Waals surface area (Å²) in [4.78, 5) is 11.9. The summed E-state index contributed by atoms with van der Waals surface area (Å²) in [7, 11) is 0. The van der Waals surface area contributed by atoms with E-state index in [0.29, 0.717) is 6.54 Å². The number of benzene rings is 2. The van der Waals surface area contributed by atoms with Gasteiger partial charge in [-0.1, -0.05) is 81.8 Å². The van der Waals surface area contributed by atoms with E-state index >= 15 is 0 Å². The first-order chi connectivity index (χ1) is 12.8. The number of hydrazine groups is 1. The highest BCUT2D eigenvalue weighted by Crippen LogP contribution is 2.27. The number of carbonyl (C=O) groups is 1. The number of nitrogens with one attached hydrogen (secondary N) is 2. The molecule has 0 unspecified atom stereocenters. The summed E-state index contributed by atoms with van der Waals surface area (Å²) in [5.41, 5.74) is 8.90. The molecule has 3 nitrogen and oxygen atoms in total. The molecule has 0 aliphatic carbocycles. The Labute approximate surface area is 156 Å². The van der Waals surface area contributed by atoms with Crippen LogP contribution in [0.15, 0.2) is 42.0 Å². The molecule has 2 aromatic carbocycles. The highest BCUT2D eigenvalue weighted by molar-refractivity contribution is 6.03.